The van der Waals surface area contributed by atoms with Crippen molar-refractivity contribution in [1.29, 1.82) is 5.26 Å². The van der Waals surface area contributed by atoms with Gasteiger partial charge in [0.05, 0.1) is 17.6 Å². The zero-order chi connectivity index (χ0) is 13.1. The van der Waals surface area contributed by atoms with Crippen LogP contribution in [0.15, 0.2) is 18.2 Å². The number of benzene rings is 1. The Kier molecular flexibility index (Phi) is 3.85. The molecular weight excluding hydrogens is 250 g/mol. The van der Waals surface area contributed by atoms with Crippen LogP contribution in [0.4, 0.5) is 0 Å². The van der Waals surface area contributed by atoms with Crippen LogP contribution in [-0.4, -0.2) is 23.9 Å². The number of nitrogens with two attached hydrogens (primary N) is 1. The summed E-state index contributed by atoms with van der Waals surface area (Å²) in [5, 5.41) is 9.36. The molecule has 2 N–H and O–H groups in total. The second kappa shape index (κ2) is 5.38. The lowest BCUT2D eigenvalue weighted by atomic mass is 10.1. The zero-order valence-electron chi connectivity index (χ0n) is 9.90. The Morgan fingerprint density at radius 2 is 2.39 bits per heavy atom. The highest BCUT2D eigenvalue weighted by atomic mass is 35.5. The van der Waals surface area contributed by atoms with E-state index in [4.69, 9.17) is 22.6 Å². The van der Waals surface area contributed by atoms with Crippen molar-refractivity contribution in [1.82, 2.24) is 4.90 Å². The van der Waals surface area contributed by atoms with Crippen molar-refractivity contribution in [2.45, 2.75) is 13.0 Å². The molecule has 4 nitrogen and oxygen atoms in total. The number of carbonyl (C=O) groups is 1. The summed E-state index contributed by atoms with van der Waals surface area (Å²) in [6, 6.07) is 7.33. The van der Waals surface area contributed by atoms with Gasteiger partial charge in [-0.15, -0.1) is 0 Å². The van der Waals surface area contributed by atoms with E-state index in [0.29, 0.717) is 23.7 Å². The fourth-order valence-corrected chi connectivity index (χ4v) is 2.43. The maximum Gasteiger partial charge on any atom is 0.221 e. The van der Waals surface area contributed by atoms with Crippen molar-refractivity contribution in [3.05, 3.63) is 34.3 Å². The van der Waals surface area contributed by atoms with Gasteiger partial charge in [-0.1, -0.05) is 17.7 Å². The fourth-order valence-electron chi connectivity index (χ4n) is 2.19. The molecule has 1 aliphatic rings. The highest BCUT2D eigenvalue weighted by Gasteiger charge is 2.26. The Hall–Kier alpha value is -1.57. The lowest BCUT2D eigenvalue weighted by Crippen LogP contribution is -2.27. The molecule has 0 radical (unpaired) electrons. The predicted octanol–water partition coefficient (Wildman–Crippen LogP) is 1.52. The van der Waals surface area contributed by atoms with E-state index in [0.717, 1.165) is 18.5 Å². The average molecular weight is 264 g/mol. The van der Waals surface area contributed by atoms with Crippen LogP contribution in [0.2, 0.25) is 5.02 Å². The molecular formula is C13H14ClN3O. The number of likely N-dealkylation sites (tertiary alicyclic amines) is 1. The minimum atomic E-state index is -0.233. The van der Waals surface area contributed by atoms with Crippen LogP contribution in [0.5, 0.6) is 0 Å². The van der Waals surface area contributed by atoms with Gasteiger partial charge in [0.15, 0.2) is 0 Å². The van der Waals surface area contributed by atoms with Gasteiger partial charge < -0.3 is 5.73 Å². The molecule has 1 heterocycles. The maximum atomic E-state index is 11.1. The second-order valence-electron chi connectivity index (χ2n) is 4.54. The Bertz CT molecular complexity index is 509. The number of halogens is 1. The summed E-state index contributed by atoms with van der Waals surface area (Å²) < 4.78 is 0. The summed E-state index contributed by atoms with van der Waals surface area (Å²) in [4.78, 5) is 13.2. The monoisotopic (exact) mass is 263 g/mol. The Balaban J connectivity index is 2.03. The summed E-state index contributed by atoms with van der Waals surface area (Å²) in [7, 11) is 0. The molecule has 0 aliphatic carbocycles. The molecule has 2 rings (SSSR count). The Labute approximate surface area is 111 Å². The first-order valence-corrected chi connectivity index (χ1v) is 6.18. The van der Waals surface area contributed by atoms with Crippen LogP contribution in [0.1, 0.15) is 17.5 Å². The third kappa shape index (κ3) is 2.81. The lowest BCUT2D eigenvalue weighted by Gasteiger charge is -2.16. The largest absolute Gasteiger partial charge is 0.369 e. The third-order valence-corrected chi connectivity index (χ3v) is 3.60. The topological polar surface area (TPSA) is 70.1 Å². The molecule has 1 aliphatic heterocycles. The number of rotatable bonds is 3. The molecule has 1 aromatic rings. The summed E-state index contributed by atoms with van der Waals surface area (Å²) in [5.41, 5.74) is 6.82. The van der Waals surface area contributed by atoms with Gasteiger partial charge in [-0.2, -0.15) is 5.26 Å². The highest BCUT2D eigenvalue weighted by Crippen LogP contribution is 2.23. The van der Waals surface area contributed by atoms with Crippen LogP contribution in [-0.2, 0) is 11.3 Å². The van der Waals surface area contributed by atoms with Crippen molar-refractivity contribution in [3.63, 3.8) is 0 Å². The van der Waals surface area contributed by atoms with E-state index < -0.39 is 0 Å². The van der Waals surface area contributed by atoms with E-state index in [2.05, 4.69) is 11.0 Å². The predicted molar refractivity (Wildman–Crippen MR) is 68.7 cm³/mol. The molecule has 1 fully saturated rings. The van der Waals surface area contributed by atoms with Gasteiger partial charge in [-0.25, -0.2) is 0 Å². The van der Waals surface area contributed by atoms with Gasteiger partial charge in [0.1, 0.15) is 0 Å². The molecule has 1 unspecified atom stereocenters. The number of amides is 1. The van der Waals surface area contributed by atoms with E-state index in [1.54, 1.807) is 12.1 Å². The molecule has 0 spiro atoms. The second-order valence-corrected chi connectivity index (χ2v) is 4.95. The summed E-state index contributed by atoms with van der Waals surface area (Å²) >= 11 is 6.12. The van der Waals surface area contributed by atoms with Gasteiger partial charge >= 0.3 is 0 Å². The summed E-state index contributed by atoms with van der Waals surface area (Å²) in [6.45, 7) is 2.23. The minimum Gasteiger partial charge on any atom is -0.369 e. The number of hydrogen-bond donors (Lipinski definition) is 1. The van der Waals surface area contributed by atoms with Crippen molar-refractivity contribution in [3.8, 4) is 6.07 Å². The summed E-state index contributed by atoms with van der Waals surface area (Å²) in [5.74, 6) is -0.286. The summed E-state index contributed by atoms with van der Waals surface area (Å²) in [6.07, 6.45) is 0.809. The molecule has 1 amide bonds. The molecule has 0 aromatic heterocycles. The molecule has 18 heavy (non-hydrogen) atoms. The third-order valence-electron chi connectivity index (χ3n) is 3.25. The zero-order valence-corrected chi connectivity index (χ0v) is 10.7. The van der Waals surface area contributed by atoms with Crippen molar-refractivity contribution >= 4 is 17.5 Å². The van der Waals surface area contributed by atoms with Crippen LogP contribution in [0.25, 0.3) is 0 Å². The van der Waals surface area contributed by atoms with Gasteiger partial charge in [0.25, 0.3) is 0 Å². The van der Waals surface area contributed by atoms with E-state index in [-0.39, 0.29) is 11.8 Å². The highest BCUT2D eigenvalue weighted by molar-refractivity contribution is 6.31. The number of nitriles is 1. The van der Waals surface area contributed by atoms with Crippen molar-refractivity contribution < 1.29 is 4.79 Å². The van der Waals surface area contributed by atoms with Crippen LogP contribution in [0, 0.1) is 17.2 Å². The molecule has 0 saturated carbocycles. The number of carbonyl (C=O) groups excluding carboxylic acids is 1. The van der Waals surface area contributed by atoms with E-state index in [1.807, 2.05) is 6.07 Å². The first-order valence-electron chi connectivity index (χ1n) is 5.80. The lowest BCUT2D eigenvalue weighted by molar-refractivity contribution is -0.121. The van der Waals surface area contributed by atoms with E-state index in [9.17, 15) is 4.79 Å². The normalized spacial score (nSPS) is 19.7. The Morgan fingerprint density at radius 1 is 1.61 bits per heavy atom. The van der Waals surface area contributed by atoms with E-state index >= 15 is 0 Å². The quantitative estimate of drug-likeness (QED) is 0.899. The number of primary amides is 1. The molecule has 1 atom stereocenters. The molecule has 94 valence electrons. The van der Waals surface area contributed by atoms with E-state index in [1.165, 1.54) is 0 Å². The van der Waals surface area contributed by atoms with Crippen LogP contribution in [0.3, 0.4) is 0 Å². The van der Waals surface area contributed by atoms with Crippen molar-refractivity contribution in [2.24, 2.45) is 11.7 Å². The van der Waals surface area contributed by atoms with Crippen LogP contribution < -0.4 is 5.73 Å². The van der Waals surface area contributed by atoms with Crippen LogP contribution >= 0.6 is 11.6 Å². The molecule has 1 aromatic carbocycles. The fraction of sp³-hybridized carbons (Fsp3) is 0.385. The van der Waals surface area contributed by atoms with Gasteiger partial charge in [0, 0.05) is 18.1 Å². The average Bonchev–Trinajstić information content (AvgIpc) is 2.80. The number of hydrogen-bond acceptors (Lipinski definition) is 3. The standard InChI is InChI=1S/C13H14ClN3O/c14-12-5-9(6-15)1-2-10(12)7-17-4-3-11(8-17)13(16)18/h1-2,5,11H,3-4,7-8H2,(H2,16,18). The minimum absolute atomic E-state index is 0.0536. The first kappa shape index (κ1) is 12.9. The SMILES string of the molecule is N#Cc1ccc(CN2CCC(C(N)=O)C2)c(Cl)c1. The van der Waals surface area contributed by atoms with Gasteiger partial charge in [0.2, 0.25) is 5.91 Å². The van der Waals surface area contributed by atoms with Crippen molar-refractivity contribution in [2.75, 3.05) is 13.1 Å². The molecule has 5 heteroatoms. The smallest absolute Gasteiger partial charge is 0.221 e. The Morgan fingerprint density at radius 3 is 2.94 bits per heavy atom. The van der Waals surface area contributed by atoms with Gasteiger partial charge in [-0.3, -0.25) is 9.69 Å². The molecule has 1 saturated heterocycles. The maximum absolute atomic E-state index is 11.1. The van der Waals surface area contributed by atoms with Gasteiger partial charge in [-0.05, 0) is 30.7 Å². The number of nitrogens with zero attached hydrogens (tertiary/aromatic N) is 2. The molecule has 0 bridgehead atoms. The first-order chi connectivity index (χ1) is 8.60.